The predicted molar refractivity (Wildman–Crippen MR) is 85.9 cm³/mol. The molecule has 0 aromatic heterocycles. The number of carbonyl (C=O) groups excluding carboxylic acids is 1. The minimum atomic E-state index is -3.02. The molecule has 0 unspecified atom stereocenters. The van der Waals surface area contributed by atoms with E-state index in [0.717, 1.165) is 0 Å². The highest BCUT2D eigenvalue weighted by Gasteiger charge is 2.35. The summed E-state index contributed by atoms with van der Waals surface area (Å²) < 4.78 is 28.6. The number of hydrogen-bond acceptors (Lipinski definition) is 4. The van der Waals surface area contributed by atoms with E-state index in [9.17, 15) is 13.2 Å². The van der Waals surface area contributed by atoms with Crippen molar-refractivity contribution in [1.29, 1.82) is 0 Å². The molecule has 0 spiro atoms. The van der Waals surface area contributed by atoms with Gasteiger partial charge in [0, 0.05) is 18.2 Å². The number of hydrogen-bond donors (Lipinski definition) is 0. The van der Waals surface area contributed by atoms with E-state index in [4.69, 9.17) is 4.74 Å². The van der Waals surface area contributed by atoms with Gasteiger partial charge in [-0.3, -0.25) is 4.79 Å². The fraction of sp³-hybridized carbons (Fsp3) is 0.562. The number of carbonyl (C=O) groups is 1. The lowest BCUT2D eigenvalue weighted by Gasteiger charge is -2.30. The molecule has 0 radical (unpaired) electrons. The van der Waals surface area contributed by atoms with Gasteiger partial charge in [0.15, 0.2) is 9.84 Å². The molecule has 1 aromatic carbocycles. The molecular weight excluding hydrogens is 302 g/mol. The number of amides is 1. The third kappa shape index (κ3) is 4.00. The van der Waals surface area contributed by atoms with Crippen LogP contribution < -0.4 is 4.74 Å². The van der Waals surface area contributed by atoms with E-state index in [1.54, 1.807) is 36.3 Å². The summed E-state index contributed by atoms with van der Waals surface area (Å²) in [5, 5.41) is 0. The molecule has 0 bridgehead atoms. The van der Waals surface area contributed by atoms with E-state index in [1.807, 2.05) is 13.8 Å². The second kappa shape index (κ2) is 6.69. The van der Waals surface area contributed by atoms with Crippen LogP contribution in [0, 0.1) is 5.92 Å². The van der Waals surface area contributed by atoms with Gasteiger partial charge >= 0.3 is 0 Å². The van der Waals surface area contributed by atoms with Crippen LogP contribution in [0.3, 0.4) is 0 Å². The molecule has 6 heteroatoms. The average molecular weight is 325 g/mol. The van der Waals surface area contributed by atoms with Gasteiger partial charge in [0.1, 0.15) is 5.75 Å². The summed E-state index contributed by atoms with van der Waals surface area (Å²) in [6, 6.07) is 6.75. The topological polar surface area (TPSA) is 63.7 Å². The van der Waals surface area contributed by atoms with E-state index in [-0.39, 0.29) is 29.4 Å². The van der Waals surface area contributed by atoms with Crippen LogP contribution in [0.15, 0.2) is 24.3 Å². The molecule has 5 nitrogen and oxygen atoms in total. The van der Waals surface area contributed by atoms with Crippen LogP contribution in [0.2, 0.25) is 0 Å². The molecule has 1 fully saturated rings. The number of ether oxygens (including phenoxy) is 1. The first-order valence-electron chi connectivity index (χ1n) is 7.48. The number of rotatable bonds is 5. The number of nitrogens with zero attached hydrogens (tertiary/aromatic N) is 1. The summed E-state index contributed by atoms with van der Waals surface area (Å²) in [4.78, 5) is 14.5. The van der Waals surface area contributed by atoms with E-state index < -0.39 is 9.84 Å². The van der Waals surface area contributed by atoms with Crippen molar-refractivity contribution in [1.82, 2.24) is 4.90 Å². The minimum Gasteiger partial charge on any atom is -0.497 e. The Kier molecular flexibility index (Phi) is 5.11. The van der Waals surface area contributed by atoms with Crippen molar-refractivity contribution in [2.75, 3.05) is 25.2 Å². The largest absolute Gasteiger partial charge is 0.497 e. The lowest BCUT2D eigenvalue weighted by molar-refractivity contribution is 0.0672. The summed E-state index contributed by atoms with van der Waals surface area (Å²) >= 11 is 0. The standard InChI is InChI=1S/C16H23NO4S/c1-12(2)10-17(14-7-8-22(19,20)11-14)16(18)13-5-4-6-15(9-13)21-3/h4-6,9,12,14H,7-8,10-11H2,1-3H3/t14-/m0/s1. The van der Waals surface area contributed by atoms with Crippen LogP contribution in [-0.2, 0) is 9.84 Å². The monoisotopic (exact) mass is 325 g/mol. The molecular formula is C16H23NO4S. The van der Waals surface area contributed by atoms with Crippen molar-refractivity contribution in [3.63, 3.8) is 0 Å². The minimum absolute atomic E-state index is 0.0649. The second-order valence-electron chi connectivity index (χ2n) is 6.14. The lowest BCUT2D eigenvalue weighted by Crippen LogP contribution is -2.43. The van der Waals surface area contributed by atoms with Crippen LogP contribution in [0.25, 0.3) is 0 Å². The van der Waals surface area contributed by atoms with Gasteiger partial charge in [0.05, 0.1) is 18.6 Å². The molecule has 0 saturated carbocycles. The van der Waals surface area contributed by atoms with Gasteiger partial charge in [-0.25, -0.2) is 8.42 Å². The van der Waals surface area contributed by atoms with Crippen LogP contribution in [0.5, 0.6) is 5.75 Å². The molecule has 1 aromatic rings. The Morgan fingerprint density at radius 1 is 1.41 bits per heavy atom. The summed E-state index contributed by atoms with van der Waals surface area (Å²) in [6.07, 6.45) is 0.519. The predicted octanol–water partition coefficient (Wildman–Crippen LogP) is 1.98. The Labute approximate surface area is 132 Å². The molecule has 1 atom stereocenters. The third-order valence-corrected chi connectivity index (χ3v) is 5.54. The molecule has 122 valence electrons. The van der Waals surface area contributed by atoms with E-state index in [1.165, 1.54) is 0 Å². The van der Waals surface area contributed by atoms with Gasteiger partial charge in [-0.15, -0.1) is 0 Å². The Bertz CT molecular complexity index is 639. The molecule has 1 amide bonds. The quantitative estimate of drug-likeness (QED) is 0.830. The van der Waals surface area contributed by atoms with Gasteiger partial charge in [-0.2, -0.15) is 0 Å². The first kappa shape index (κ1) is 16.8. The highest BCUT2D eigenvalue weighted by atomic mass is 32.2. The first-order valence-corrected chi connectivity index (χ1v) is 9.30. The van der Waals surface area contributed by atoms with Crippen LogP contribution >= 0.6 is 0 Å². The zero-order valence-electron chi connectivity index (χ0n) is 13.3. The van der Waals surface area contributed by atoms with Crippen LogP contribution in [0.4, 0.5) is 0 Å². The van der Waals surface area contributed by atoms with Gasteiger partial charge < -0.3 is 9.64 Å². The number of methoxy groups -OCH3 is 1. The van der Waals surface area contributed by atoms with Crippen LogP contribution in [0.1, 0.15) is 30.6 Å². The van der Waals surface area contributed by atoms with Gasteiger partial charge in [-0.05, 0) is 30.5 Å². The lowest BCUT2D eigenvalue weighted by atomic mass is 10.1. The highest BCUT2D eigenvalue weighted by Crippen LogP contribution is 2.22. The molecule has 2 rings (SSSR count). The molecule has 1 heterocycles. The summed E-state index contributed by atoms with van der Waals surface area (Å²) in [6.45, 7) is 4.60. The fourth-order valence-corrected chi connectivity index (χ4v) is 4.47. The summed E-state index contributed by atoms with van der Waals surface area (Å²) in [5.74, 6) is 0.995. The average Bonchev–Trinajstić information content (AvgIpc) is 2.84. The second-order valence-corrected chi connectivity index (χ2v) is 8.37. The molecule has 1 aliphatic rings. The van der Waals surface area contributed by atoms with Crippen LogP contribution in [-0.4, -0.2) is 50.4 Å². The van der Waals surface area contributed by atoms with E-state index in [2.05, 4.69) is 0 Å². The summed E-state index contributed by atoms with van der Waals surface area (Å²) in [5.41, 5.74) is 0.532. The van der Waals surface area contributed by atoms with Gasteiger partial charge in [0.2, 0.25) is 0 Å². The van der Waals surface area contributed by atoms with Crippen molar-refractivity contribution < 1.29 is 17.9 Å². The molecule has 0 aliphatic carbocycles. The normalized spacial score (nSPS) is 20.1. The SMILES string of the molecule is COc1cccc(C(=O)N(CC(C)C)[C@H]2CCS(=O)(=O)C2)c1. The van der Waals surface area contributed by atoms with Crippen molar-refractivity contribution in [3.05, 3.63) is 29.8 Å². The maximum Gasteiger partial charge on any atom is 0.254 e. The fourth-order valence-electron chi connectivity index (χ4n) is 2.73. The van der Waals surface area contributed by atoms with E-state index >= 15 is 0 Å². The zero-order chi connectivity index (χ0) is 16.3. The molecule has 0 N–H and O–H groups in total. The smallest absolute Gasteiger partial charge is 0.254 e. The maximum absolute atomic E-state index is 12.8. The maximum atomic E-state index is 12.8. The van der Waals surface area contributed by atoms with Crippen molar-refractivity contribution in [2.24, 2.45) is 5.92 Å². The van der Waals surface area contributed by atoms with Crippen molar-refractivity contribution >= 4 is 15.7 Å². The molecule has 1 saturated heterocycles. The zero-order valence-corrected chi connectivity index (χ0v) is 14.1. The number of benzene rings is 1. The Balaban J connectivity index is 2.26. The Hall–Kier alpha value is -1.56. The van der Waals surface area contributed by atoms with Crippen molar-refractivity contribution in [3.8, 4) is 5.75 Å². The molecule has 1 aliphatic heterocycles. The van der Waals surface area contributed by atoms with Gasteiger partial charge in [0.25, 0.3) is 5.91 Å². The highest BCUT2D eigenvalue weighted by molar-refractivity contribution is 7.91. The van der Waals surface area contributed by atoms with E-state index in [0.29, 0.717) is 24.3 Å². The first-order chi connectivity index (χ1) is 10.3. The summed E-state index contributed by atoms with van der Waals surface area (Å²) in [7, 11) is -1.47. The third-order valence-electron chi connectivity index (χ3n) is 3.79. The number of sulfone groups is 1. The molecule has 22 heavy (non-hydrogen) atoms. The Morgan fingerprint density at radius 3 is 2.68 bits per heavy atom. The Morgan fingerprint density at radius 2 is 2.14 bits per heavy atom. The van der Waals surface area contributed by atoms with Gasteiger partial charge in [-0.1, -0.05) is 19.9 Å². The van der Waals surface area contributed by atoms with Crippen molar-refractivity contribution in [2.45, 2.75) is 26.3 Å².